The van der Waals surface area contributed by atoms with Crippen LogP contribution in [0.5, 0.6) is 0 Å². The van der Waals surface area contributed by atoms with Crippen LogP contribution in [0, 0.1) is 5.82 Å². The van der Waals surface area contributed by atoms with E-state index in [0.29, 0.717) is 12.1 Å². The number of hydrogen-bond acceptors (Lipinski definition) is 2. The van der Waals surface area contributed by atoms with Crippen molar-refractivity contribution in [1.29, 1.82) is 0 Å². The predicted octanol–water partition coefficient (Wildman–Crippen LogP) is 2.34. The van der Waals surface area contributed by atoms with Gasteiger partial charge in [0.15, 0.2) is 0 Å². The maximum Gasteiger partial charge on any atom is 0.146 e. The van der Waals surface area contributed by atoms with Gasteiger partial charge in [0, 0.05) is 18.2 Å². The summed E-state index contributed by atoms with van der Waals surface area (Å²) in [6.07, 6.45) is 0.804. The summed E-state index contributed by atoms with van der Waals surface area (Å²) in [5.74, 6) is -0.389. The standard InChI is InChI=1S/C11H15ClFNO/c1-2-9(7-15)14-6-8-4-3-5-10(12)11(8)13/h3-5,9,14-15H,2,6-7H2,1H3/t9-/m0/s1. The minimum atomic E-state index is -0.389. The Kier molecular flexibility index (Phi) is 5.02. The molecule has 0 radical (unpaired) electrons. The molecular weight excluding hydrogens is 217 g/mol. The molecular formula is C11H15ClFNO. The first-order valence-electron chi connectivity index (χ1n) is 4.96. The third-order valence-electron chi connectivity index (χ3n) is 2.33. The first-order chi connectivity index (χ1) is 7.19. The summed E-state index contributed by atoms with van der Waals surface area (Å²) in [5, 5.41) is 12.1. The van der Waals surface area contributed by atoms with Crippen molar-refractivity contribution in [2.75, 3.05) is 6.61 Å². The maximum absolute atomic E-state index is 13.4. The quantitative estimate of drug-likeness (QED) is 0.815. The predicted molar refractivity (Wildman–Crippen MR) is 59.4 cm³/mol. The van der Waals surface area contributed by atoms with Crippen molar-refractivity contribution < 1.29 is 9.50 Å². The summed E-state index contributed by atoms with van der Waals surface area (Å²) in [6, 6.07) is 4.91. The molecule has 0 aliphatic carbocycles. The van der Waals surface area contributed by atoms with Crippen molar-refractivity contribution in [3.8, 4) is 0 Å². The summed E-state index contributed by atoms with van der Waals surface area (Å²) in [6.45, 7) is 2.40. The third kappa shape index (κ3) is 3.45. The van der Waals surface area contributed by atoms with Gasteiger partial charge in [-0.05, 0) is 12.5 Å². The molecule has 0 unspecified atom stereocenters. The van der Waals surface area contributed by atoms with Gasteiger partial charge in [-0.25, -0.2) is 4.39 Å². The Bertz CT molecular complexity index is 315. The fourth-order valence-electron chi connectivity index (χ4n) is 1.28. The monoisotopic (exact) mass is 231 g/mol. The summed E-state index contributed by atoms with van der Waals surface area (Å²) < 4.78 is 13.4. The van der Waals surface area contributed by atoms with Gasteiger partial charge >= 0.3 is 0 Å². The second-order valence-electron chi connectivity index (χ2n) is 3.38. The molecule has 0 spiro atoms. The zero-order valence-corrected chi connectivity index (χ0v) is 9.39. The number of aliphatic hydroxyl groups is 1. The molecule has 0 aliphatic rings. The molecule has 0 fully saturated rings. The van der Waals surface area contributed by atoms with E-state index in [0.717, 1.165) is 6.42 Å². The maximum atomic E-state index is 13.4. The molecule has 0 aliphatic heterocycles. The first kappa shape index (κ1) is 12.4. The van der Waals surface area contributed by atoms with Crippen molar-refractivity contribution in [3.05, 3.63) is 34.6 Å². The van der Waals surface area contributed by atoms with Crippen molar-refractivity contribution >= 4 is 11.6 Å². The van der Waals surface area contributed by atoms with E-state index in [9.17, 15) is 4.39 Å². The molecule has 1 rings (SSSR count). The van der Waals surface area contributed by atoms with E-state index < -0.39 is 0 Å². The molecule has 84 valence electrons. The van der Waals surface area contributed by atoms with Crippen LogP contribution in [0.4, 0.5) is 4.39 Å². The van der Waals surface area contributed by atoms with E-state index >= 15 is 0 Å². The zero-order chi connectivity index (χ0) is 11.3. The number of nitrogens with one attached hydrogen (secondary N) is 1. The van der Waals surface area contributed by atoms with Gasteiger partial charge in [0.1, 0.15) is 5.82 Å². The van der Waals surface area contributed by atoms with Crippen LogP contribution in [-0.4, -0.2) is 17.8 Å². The molecule has 0 bridgehead atoms. The highest BCUT2D eigenvalue weighted by Gasteiger charge is 2.08. The average Bonchev–Trinajstić information content (AvgIpc) is 2.25. The van der Waals surface area contributed by atoms with Crippen molar-refractivity contribution in [2.24, 2.45) is 0 Å². The lowest BCUT2D eigenvalue weighted by atomic mass is 10.2. The van der Waals surface area contributed by atoms with E-state index in [-0.39, 0.29) is 23.5 Å². The minimum Gasteiger partial charge on any atom is -0.395 e. The van der Waals surface area contributed by atoms with Crippen LogP contribution in [0.1, 0.15) is 18.9 Å². The third-order valence-corrected chi connectivity index (χ3v) is 2.62. The molecule has 0 aromatic heterocycles. The number of rotatable bonds is 5. The molecule has 4 heteroatoms. The second-order valence-corrected chi connectivity index (χ2v) is 3.79. The minimum absolute atomic E-state index is 0.00313. The largest absolute Gasteiger partial charge is 0.395 e. The summed E-state index contributed by atoms with van der Waals surface area (Å²) in [5.41, 5.74) is 0.523. The Morgan fingerprint density at radius 2 is 2.27 bits per heavy atom. The molecule has 0 heterocycles. The molecule has 1 aromatic rings. The number of hydrogen-bond donors (Lipinski definition) is 2. The van der Waals surface area contributed by atoms with E-state index in [1.807, 2.05) is 6.92 Å². The van der Waals surface area contributed by atoms with Crippen molar-refractivity contribution in [1.82, 2.24) is 5.32 Å². The first-order valence-corrected chi connectivity index (χ1v) is 5.34. The van der Waals surface area contributed by atoms with Crippen LogP contribution in [-0.2, 0) is 6.54 Å². The second kappa shape index (κ2) is 6.05. The lowest BCUT2D eigenvalue weighted by Crippen LogP contribution is -2.31. The van der Waals surface area contributed by atoms with Gasteiger partial charge in [-0.2, -0.15) is 0 Å². The summed E-state index contributed by atoms with van der Waals surface area (Å²) >= 11 is 5.64. The molecule has 2 N–H and O–H groups in total. The van der Waals surface area contributed by atoms with E-state index in [4.69, 9.17) is 16.7 Å². The van der Waals surface area contributed by atoms with Crippen LogP contribution in [0.15, 0.2) is 18.2 Å². The highest BCUT2D eigenvalue weighted by Crippen LogP contribution is 2.17. The molecule has 1 atom stereocenters. The van der Waals surface area contributed by atoms with Gasteiger partial charge < -0.3 is 10.4 Å². The topological polar surface area (TPSA) is 32.3 Å². The van der Waals surface area contributed by atoms with E-state index in [2.05, 4.69) is 5.32 Å². The Balaban J connectivity index is 2.61. The average molecular weight is 232 g/mol. The number of aliphatic hydroxyl groups excluding tert-OH is 1. The van der Waals surface area contributed by atoms with Gasteiger partial charge in [0.25, 0.3) is 0 Å². The smallest absolute Gasteiger partial charge is 0.146 e. The number of benzene rings is 1. The Morgan fingerprint density at radius 3 is 2.87 bits per heavy atom. The van der Waals surface area contributed by atoms with Gasteiger partial charge in [-0.15, -0.1) is 0 Å². The highest BCUT2D eigenvalue weighted by atomic mass is 35.5. The normalized spacial score (nSPS) is 12.8. The van der Waals surface area contributed by atoms with Crippen LogP contribution >= 0.6 is 11.6 Å². The van der Waals surface area contributed by atoms with Gasteiger partial charge in [0.2, 0.25) is 0 Å². The molecule has 15 heavy (non-hydrogen) atoms. The van der Waals surface area contributed by atoms with E-state index in [1.165, 1.54) is 6.07 Å². The number of halogens is 2. The lowest BCUT2D eigenvalue weighted by Gasteiger charge is -2.14. The van der Waals surface area contributed by atoms with Crippen LogP contribution in [0.2, 0.25) is 5.02 Å². The molecule has 1 aromatic carbocycles. The fraction of sp³-hybridized carbons (Fsp3) is 0.455. The Hall–Kier alpha value is -0.640. The molecule has 0 amide bonds. The van der Waals surface area contributed by atoms with Crippen LogP contribution in [0.3, 0.4) is 0 Å². The zero-order valence-electron chi connectivity index (χ0n) is 8.63. The SMILES string of the molecule is CC[C@@H](CO)NCc1cccc(Cl)c1F. The highest BCUT2D eigenvalue weighted by molar-refractivity contribution is 6.30. The van der Waals surface area contributed by atoms with Gasteiger partial charge in [-0.3, -0.25) is 0 Å². The molecule has 2 nitrogen and oxygen atoms in total. The lowest BCUT2D eigenvalue weighted by molar-refractivity contribution is 0.238. The molecule has 0 saturated heterocycles. The Morgan fingerprint density at radius 1 is 1.53 bits per heavy atom. The van der Waals surface area contributed by atoms with E-state index in [1.54, 1.807) is 12.1 Å². The van der Waals surface area contributed by atoms with Crippen LogP contribution < -0.4 is 5.32 Å². The Labute approximate surface area is 94.1 Å². The van der Waals surface area contributed by atoms with Gasteiger partial charge in [0.05, 0.1) is 11.6 Å². The fourth-order valence-corrected chi connectivity index (χ4v) is 1.47. The molecule has 0 saturated carbocycles. The summed E-state index contributed by atoms with van der Waals surface area (Å²) in [4.78, 5) is 0. The van der Waals surface area contributed by atoms with Crippen LogP contribution in [0.25, 0.3) is 0 Å². The van der Waals surface area contributed by atoms with Crippen molar-refractivity contribution in [3.63, 3.8) is 0 Å². The summed E-state index contributed by atoms with van der Waals surface area (Å²) in [7, 11) is 0. The van der Waals surface area contributed by atoms with Crippen molar-refractivity contribution in [2.45, 2.75) is 25.9 Å². The van der Waals surface area contributed by atoms with Gasteiger partial charge in [-0.1, -0.05) is 30.7 Å².